The molecule has 2 aromatic carbocycles. The molecule has 1 aromatic heterocycles. The van der Waals surface area contributed by atoms with E-state index in [0.29, 0.717) is 6.61 Å². The van der Waals surface area contributed by atoms with Gasteiger partial charge >= 0.3 is 0 Å². The Hall–Kier alpha value is -3.42. The van der Waals surface area contributed by atoms with E-state index in [1.54, 1.807) is 6.33 Å². The first-order chi connectivity index (χ1) is 15.4. The molecule has 0 amide bonds. The van der Waals surface area contributed by atoms with Crippen LogP contribution < -0.4 is 4.74 Å². The van der Waals surface area contributed by atoms with Crippen LogP contribution in [0.25, 0.3) is 11.1 Å². The number of hydrogen-bond donors (Lipinski definition) is 0. The highest BCUT2D eigenvalue weighted by Gasteiger charge is 2.04. The number of allylic oxidation sites excluding steroid dienone is 1. The summed E-state index contributed by atoms with van der Waals surface area (Å²) < 4.78 is 6.07. The van der Waals surface area contributed by atoms with Gasteiger partial charge in [0.05, 0.1) is 0 Å². The number of nitrogens with zero attached hydrogens (tertiary/aromatic N) is 3. The van der Waals surface area contributed by atoms with Crippen molar-refractivity contribution in [3.8, 4) is 28.7 Å². The summed E-state index contributed by atoms with van der Waals surface area (Å²) in [4.78, 5) is 10.4. The molecule has 0 saturated carbocycles. The lowest BCUT2D eigenvalue weighted by Gasteiger charge is -2.15. The van der Waals surface area contributed by atoms with Crippen molar-refractivity contribution in [3.05, 3.63) is 90.5 Å². The van der Waals surface area contributed by atoms with Crippen molar-refractivity contribution in [2.45, 2.75) is 33.9 Å². The van der Waals surface area contributed by atoms with Crippen molar-refractivity contribution >= 4 is 0 Å². The summed E-state index contributed by atoms with van der Waals surface area (Å²) in [6.45, 7) is 8.55. The smallest absolute Gasteiger partial charge is 0.120 e. The van der Waals surface area contributed by atoms with E-state index in [1.165, 1.54) is 5.56 Å². The molecule has 3 aromatic rings. The van der Waals surface area contributed by atoms with Gasteiger partial charge in [0, 0.05) is 36.5 Å². The third kappa shape index (κ3) is 8.02. The van der Waals surface area contributed by atoms with Crippen LogP contribution in [-0.4, -0.2) is 28.5 Å². The second kappa shape index (κ2) is 11.3. The lowest BCUT2D eigenvalue weighted by Crippen LogP contribution is -2.17. The Labute approximate surface area is 192 Å². The highest BCUT2D eigenvalue weighted by atomic mass is 16.5. The molecule has 0 atom stereocenters. The molecule has 0 saturated heterocycles. The first-order valence-electron chi connectivity index (χ1n) is 10.8. The largest absolute Gasteiger partial charge is 0.489 e. The van der Waals surface area contributed by atoms with Crippen LogP contribution in [0, 0.1) is 17.3 Å². The van der Waals surface area contributed by atoms with Gasteiger partial charge in [0.1, 0.15) is 18.7 Å². The van der Waals surface area contributed by atoms with Crippen LogP contribution in [0.15, 0.2) is 79.4 Å². The van der Waals surface area contributed by atoms with Crippen molar-refractivity contribution < 1.29 is 4.74 Å². The standard InChI is InChI=1S/C28H31N3O/c1-28(2,3)14-6-5-7-15-31(4)20-23-10-9-13-27(17-23)32-21-24-11-8-12-25(16-24)26-18-29-22-30-19-26/h5,7-13,16-19,22H,15,20-21H2,1-4H3/b7-5+. The van der Waals surface area contributed by atoms with Gasteiger partial charge in [0.25, 0.3) is 0 Å². The lowest BCUT2D eigenvalue weighted by molar-refractivity contribution is 0.304. The number of likely N-dealkylation sites (N-methyl/N-ethyl adjacent to an activating group) is 1. The van der Waals surface area contributed by atoms with Gasteiger partial charge in [-0.05, 0) is 68.8 Å². The third-order valence-electron chi connectivity index (χ3n) is 4.64. The molecule has 0 aliphatic heterocycles. The molecule has 3 rings (SSSR count). The molecule has 0 spiro atoms. The Balaban J connectivity index is 1.54. The monoisotopic (exact) mass is 425 g/mol. The number of ether oxygens (including phenoxy) is 1. The minimum Gasteiger partial charge on any atom is -0.489 e. The van der Waals surface area contributed by atoms with E-state index in [0.717, 1.165) is 35.5 Å². The molecule has 0 aliphatic rings. The molecule has 0 aliphatic carbocycles. The molecule has 0 radical (unpaired) electrons. The fourth-order valence-electron chi connectivity index (χ4n) is 3.12. The van der Waals surface area contributed by atoms with E-state index < -0.39 is 0 Å². The van der Waals surface area contributed by atoms with Crippen LogP contribution in [-0.2, 0) is 13.2 Å². The summed E-state index contributed by atoms with van der Waals surface area (Å²) in [5.74, 6) is 7.20. The maximum absolute atomic E-state index is 6.07. The van der Waals surface area contributed by atoms with Crippen LogP contribution in [0.3, 0.4) is 0 Å². The quantitative estimate of drug-likeness (QED) is 0.430. The second-order valence-electron chi connectivity index (χ2n) is 8.88. The van der Waals surface area contributed by atoms with Gasteiger partial charge in [-0.25, -0.2) is 9.97 Å². The highest BCUT2D eigenvalue weighted by molar-refractivity contribution is 5.62. The molecule has 4 nitrogen and oxygen atoms in total. The molecular weight excluding hydrogens is 394 g/mol. The van der Waals surface area contributed by atoms with Crippen LogP contribution in [0.2, 0.25) is 0 Å². The van der Waals surface area contributed by atoms with Crippen molar-refractivity contribution in [2.75, 3.05) is 13.6 Å². The van der Waals surface area contributed by atoms with Gasteiger partial charge < -0.3 is 4.74 Å². The number of rotatable bonds is 8. The SMILES string of the molecule is CN(C/C=C/C#CC(C)(C)C)Cc1cccc(OCc2cccc(-c3cncnc3)c2)c1. The van der Waals surface area contributed by atoms with Gasteiger partial charge in [-0.3, -0.25) is 4.90 Å². The van der Waals surface area contributed by atoms with Gasteiger partial charge in [0.15, 0.2) is 0 Å². The van der Waals surface area contributed by atoms with Crippen LogP contribution >= 0.6 is 0 Å². The van der Waals surface area contributed by atoms with Crippen molar-refractivity contribution in [1.29, 1.82) is 0 Å². The molecule has 0 unspecified atom stereocenters. The minimum absolute atomic E-state index is 0.0357. The average Bonchev–Trinajstić information content (AvgIpc) is 2.78. The first-order valence-corrected chi connectivity index (χ1v) is 10.8. The molecule has 32 heavy (non-hydrogen) atoms. The predicted molar refractivity (Wildman–Crippen MR) is 131 cm³/mol. The summed E-state index contributed by atoms with van der Waals surface area (Å²) in [5.41, 5.74) is 4.44. The van der Waals surface area contributed by atoms with E-state index in [9.17, 15) is 0 Å². The first kappa shape index (κ1) is 23.2. The Morgan fingerprint density at radius 2 is 1.72 bits per heavy atom. The number of aromatic nitrogens is 2. The van der Waals surface area contributed by atoms with E-state index >= 15 is 0 Å². The molecular formula is C28H31N3O. The fraction of sp³-hybridized carbons (Fsp3) is 0.286. The normalized spacial score (nSPS) is 11.4. The van der Waals surface area contributed by atoms with Gasteiger partial charge in [0.2, 0.25) is 0 Å². The third-order valence-corrected chi connectivity index (χ3v) is 4.64. The molecule has 4 heteroatoms. The van der Waals surface area contributed by atoms with Gasteiger partial charge in [-0.15, -0.1) is 0 Å². The van der Waals surface area contributed by atoms with E-state index in [-0.39, 0.29) is 5.41 Å². The number of benzene rings is 2. The zero-order valence-electron chi connectivity index (χ0n) is 19.4. The van der Waals surface area contributed by atoms with Crippen LogP contribution in [0.5, 0.6) is 5.75 Å². The Morgan fingerprint density at radius 3 is 2.50 bits per heavy atom. The fourth-order valence-corrected chi connectivity index (χ4v) is 3.12. The molecule has 1 heterocycles. The molecule has 0 fully saturated rings. The maximum Gasteiger partial charge on any atom is 0.120 e. The second-order valence-corrected chi connectivity index (χ2v) is 8.88. The zero-order chi connectivity index (χ0) is 22.8. The summed E-state index contributed by atoms with van der Waals surface area (Å²) in [5, 5.41) is 0. The highest BCUT2D eigenvalue weighted by Crippen LogP contribution is 2.21. The summed E-state index contributed by atoms with van der Waals surface area (Å²) in [6, 6.07) is 16.6. The van der Waals surface area contributed by atoms with Gasteiger partial charge in [-0.1, -0.05) is 48.2 Å². The summed E-state index contributed by atoms with van der Waals surface area (Å²) in [7, 11) is 2.11. The zero-order valence-corrected chi connectivity index (χ0v) is 19.4. The topological polar surface area (TPSA) is 38.2 Å². The predicted octanol–water partition coefficient (Wildman–Crippen LogP) is 5.76. The van der Waals surface area contributed by atoms with Crippen molar-refractivity contribution in [3.63, 3.8) is 0 Å². The maximum atomic E-state index is 6.07. The van der Waals surface area contributed by atoms with Crippen LogP contribution in [0.4, 0.5) is 0 Å². The van der Waals surface area contributed by atoms with Gasteiger partial charge in [-0.2, -0.15) is 0 Å². The lowest BCUT2D eigenvalue weighted by atomic mass is 9.98. The Bertz CT molecular complexity index is 1090. The minimum atomic E-state index is 0.0357. The van der Waals surface area contributed by atoms with E-state index in [2.05, 4.69) is 90.9 Å². The molecule has 0 N–H and O–H groups in total. The summed E-state index contributed by atoms with van der Waals surface area (Å²) in [6.07, 6.45) is 9.22. The van der Waals surface area contributed by atoms with Crippen molar-refractivity contribution in [1.82, 2.24) is 14.9 Å². The average molecular weight is 426 g/mol. The summed E-state index contributed by atoms with van der Waals surface area (Å²) >= 11 is 0. The molecule has 164 valence electrons. The van der Waals surface area contributed by atoms with E-state index in [4.69, 9.17) is 4.74 Å². The van der Waals surface area contributed by atoms with E-state index in [1.807, 2.05) is 36.7 Å². The Kier molecular flexibility index (Phi) is 8.19. The van der Waals surface area contributed by atoms with Crippen LogP contribution in [0.1, 0.15) is 31.9 Å². The van der Waals surface area contributed by atoms with Crippen molar-refractivity contribution in [2.24, 2.45) is 5.41 Å². The molecule has 0 bridgehead atoms. The Morgan fingerprint density at radius 1 is 0.969 bits per heavy atom. The number of hydrogen-bond acceptors (Lipinski definition) is 4.